The molecule has 25 heavy (non-hydrogen) atoms. The second-order valence-electron chi connectivity index (χ2n) is 5.12. The molecule has 0 atom stereocenters. The van der Waals surface area contributed by atoms with E-state index in [0.717, 1.165) is 10.9 Å². The smallest absolute Gasteiger partial charge is 0.338 e. The molecule has 2 rings (SSSR count). The molecule has 0 spiro atoms. The number of ether oxygens (including phenoxy) is 2. The third kappa shape index (κ3) is 6.07. The SMILES string of the molecule is CCCOC(=O)c1ccc(NC(=O)COc2ccc(Br)cc2Cl)cc1. The quantitative estimate of drug-likeness (QED) is 0.653. The van der Waals surface area contributed by atoms with Crippen molar-refractivity contribution in [1.82, 2.24) is 0 Å². The van der Waals surface area contributed by atoms with Crippen LogP contribution in [0.2, 0.25) is 5.02 Å². The molecule has 0 fully saturated rings. The fourth-order valence-corrected chi connectivity index (χ4v) is 2.63. The molecule has 0 bridgehead atoms. The molecule has 2 aromatic carbocycles. The highest BCUT2D eigenvalue weighted by Crippen LogP contribution is 2.27. The van der Waals surface area contributed by atoms with Crippen LogP contribution in [-0.2, 0) is 9.53 Å². The van der Waals surface area contributed by atoms with Crippen molar-refractivity contribution in [2.24, 2.45) is 0 Å². The number of carbonyl (C=O) groups is 2. The zero-order valence-electron chi connectivity index (χ0n) is 13.6. The lowest BCUT2D eigenvalue weighted by molar-refractivity contribution is -0.118. The minimum absolute atomic E-state index is 0.179. The third-order valence-corrected chi connectivity index (χ3v) is 3.88. The van der Waals surface area contributed by atoms with Gasteiger partial charge in [0.1, 0.15) is 5.75 Å². The Bertz CT molecular complexity index is 749. The number of carbonyl (C=O) groups excluding carboxylic acids is 2. The summed E-state index contributed by atoms with van der Waals surface area (Å²) in [6.07, 6.45) is 0.766. The first-order valence-electron chi connectivity index (χ1n) is 7.64. The molecule has 132 valence electrons. The maximum Gasteiger partial charge on any atom is 0.338 e. The molecule has 2 aromatic rings. The van der Waals surface area contributed by atoms with Gasteiger partial charge in [-0.25, -0.2) is 4.79 Å². The lowest BCUT2D eigenvalue weighted by Crippen LogP contribution is -2.20. The van der Waals surface area contributed by atoms with Crippen LogP contribution in [-0.4, -0.2) is 25.1 Å². The molecule has 7 heteroatoms. The van der Waals surface area contributed by atoms with Crippen molar-refractivity contribution in [2.75, 3.05) is 18.5 Å². The summed E-state index contributed by atoms with van der Waals surface area (Å²) < 4.78 is 11.3. The van der Waals surface area contributed by atoms with E-state index < -0.39 is 0 Å². The molecule has 5 nitrogen and oxygen atoms in total. The molecular weight excluding hydrogens is 410 g/mol. The van der Waals surface area contributed by atoms with Gasteiger partial charge in [-0.05, 0) is 48.9 Å². The highest BCUT2D eigenvalue weighted by molar-refractivity contribution is 9.10. The van der Waals surface area contributed by atoms with Gasteiger partial charge in [-0.1, -0.05) is 34.5 Å². The number of benzene rings is 2. The maximum absolute atomic E-state index is 11.9. The van der Waals surface area contributed by atoms with E-state index >= 15 is 0 Å². The van der Waals surface area contributed by atoms with Gasteiger partial charge in [-0.3, -0.25) is 4.79 Å². The molecule has 0 unspecified atom stereocenters. The molecular formula is C18H17BrClNO4. The Morgan fingerprint density at radius 2 is 1.88 bits per heavy atom. The zero-order chi connectivity index (χ0) is 18.2. The van der Waals surface area contributed by atoms with Crippen molar-refractivity contribution in [2.45, 2.75) is 13.3 Å². The maximum atomic E-state index is 11.9. The van der Waals surface area contributed by atoms with Gasteiger partial charge in [0, 0.05) is 10.2 Å². The van der Waals surface area contributed by atoms with Crippen molar-refractivity contribution in [3.63, 3.8) is 0 Å². The van der Waals surface area contributed by atoms with Crippen LogP contribution in [0.1, 0.15) is 23.7 Å². The molecule has 1 N–H and O–H groups in total. The van der Waals surface area contributed by atoms with Gasteiger partial charge in [-0.15, -0.1) is 0 Å². The van der Waals surface area contributed by atoms with E-state index in [2.05, 4.69) is 21.2 Å². The number of hydrogen-bond donors (Lipinski definition) is 1. The Labute approximate surface area is 159 Å². The van der Waals surface area contributed by atoms with Crippen LogP contribution in [0, 0.1) is 0 Å². The van der Waals surface area contributed by atoms with Crippen LogP contribution in [0.15, 0.2) is 46.9 Å². The first-order valence-corrected chi connectivity index (χ1v) is 8.81. The lowest BCUT2D eigenvalue weighted by atomic mass is 10.2. The standard InChI is InChI=1S/C18H17BrClNO4/c1-2-9-24-18(23)12-3-6-14(7-4-12)21-17(22)11-25-16-8-5-13(19)10-15(16)20/h3-8,10H,2,9,11H2,1H3,(H,21,22). The summed E-state index contributed by atoms with van der Waals surface area (Å²) in [6, 6.07) is 11.6. The first-order chi connectivity index (χ1) is 12.0. The molecule has 0 aromatic heterocycles. The van der Waals surface area contributed by atoms with Crippen molar-refractivity contribution in [3.8, 4) is 5.75 Å². The average Bonchev–Trinajstić information content (AvgIpc) is 2.59. The molecule has 0 saturated heterocycles. The number of anilines is 1. The van der Waals surface area contributed by atoms with Crippen molar-refractivity contribution < 1.29 is 19.1 Å². The Morgan fingerprint density at radius 1 is 1.16 bits per heavy atom. The molecule has 0 aliphatic carbocycles. The predicted octanol–water partition coefficient (Wildman–Crippen LogP) is 4.69. The Hall–Kier alpha value is -2.05. The summed E-state index contributed by atoms with van der Waals surface area (Å²) >= 11 is 9.32. The lowest BCUT2D eigenvalue weighted by Gasteiger charge is -2.09. The Balaban J connectivity index is 1.87. The highest BCUT2D eigenvalue weighted by Gasteiger charge is 2.09. The summed E-state index contributed by atoms with van der Waals surface area (Å²) in [4.78, 5) is 23.7. The first kappa shape index (κ1) is 19.3. The number of esters is 1. The summed E-state index contributed by atoms with van der Waals surface area (Å²) in [5, 5.41) is 3.10. The van der Waals surface area contributed by atoms with Crippen LogP contribution in [0.4, 0.5) is 5.69 Å². The number of amides is 1. The van der Waals surface area contributed by atoms with Gasteiger partial charge in [0.15, 0.2) is 6.61 Å². The second-order valence-corrected chi connectivity index (χ2v) is 6.45. The second kappa shape index (κ2) is 9.44. The summed E-state index contributed by atoms with van der Waals surface area (Å²) in [6.45, 7) is 2.13. The Kier molecular flexibility index (Phi) is 7.28. The van der Waals surface area contributed by atoms with E-state index in [1.54, 1.807) is 42.5 Å². The van der Waals surface area contributed by atoms with Gasteiger partial charge in [-0.2, -0.15) is 0 Å². The van der Waals surface area contributed by atoms with Crippen molar-refractivity contribution >= 4 is 45.1 Å². The Morgan fingerprint density at radius 3 is 2.52 bits per heavy atom. The summed E-state index contributed by atoms with van der Waals surface area (Å²) in [7, 11) is 0. The van der Waals surface area contributed by atoms with Crippen LogP contribution >= 0.6 is 27.5 Å². The highest BCUT2D eigenvalue weighted by atomic mass is 79.9. The van der Waals surface area contributed by atoms with Crippen LogP contribution in [0.3, 0.4) is 0 Å². The summed E-state index contributed by atoms with van der Waals surface area (Å²) in [5.41, 5.74) is 0.992. The predicted molar refractivity (Wildman–Crippen MR) is 100 cm³/mol. The molecule has 0 aliphatic rings. The molecule has 0 radical (unpaired) electrons. The van der Waals surface area contributed by atoms with E-state index in [-0.39, 0.29) is 18.5 Å². The molecule has 1 amide bonds. The zero-order valence-corrected chi connectivity index (χ0v) is 15.9. The normalized spacial score (nSPS) is 10.2. The van der Waals surface area contributed by atoms with Crippen LogP contribution in [0.25, 0.3) is 0 Å². The summed E-state index contributed by atoms with van der Waals surface area (Å²) in [5.74, 6) is -0.290. The number of rotatable bonds is 7. The monoisotopic (exact) mass is 425 g/mol. The van der Waals surface area contributed by atoms with E-state index in [9.17, 15) is 9.59 Å². The topological polar surface area (TPSA) is 64.6 Å². The fraction of sp³-hybridized carbons (Fsp3) is 0.222. The van der Waals surface area contributed by atoms with Crippen LogP contribution < -0.4 is 10.1 Å². The van der Waals surface area contributed by atoms with Crippen molar-refractivity contribution in [3.05, 3.63) is 57.5 Å². The fourth-order valence-electron chi connectivity index (χ4n) is 1.90. The average molecular weight is 427 g/mol. The molecule has 0 saturated carbocycles. The van der Waals surface area contributed by atoms with E-state index in [1.165, 1.54) is 0 Å². The number of halogens is 2. The van der Waals surface area contributed by atoms with E-state index in [0.29, 0.717) is 28.6 Å². The van der Waals surface area contributed by atoms with E-state index in [4.69, 9.17) is 21.1 Å². The molecule has 0 aliphatic heterocycles. The van der Waals surface area contributed by atoms with Gasteiger partial charge in [0.2, 0.25) is 0 Å². The van der Waals surface area contributed by atoms with Gasteiger partial charge in [0.05, 0.1) is 17.2 Å². The van der Waals surface area contributed by atoms with Crippen LogP contribution in [0.5, 0.6) is 5.75 Å². The molecule has 0 heterocycles. The minimum atomic E-state index is -0.382. The number of hydrogen-bond acceptors (Lipinski definition) is 4. The largest absolute Gasteiger partial charge is 0.482 e. The minimum Gasteiger partial charge on any atom is -0.482 e. The van der Waals surface area contributed by atoms with Gasteiger partial charge >= 0.3 is 5.97 Å². The third-order valence-electron chi connectivity index (χ3n) is 3.09. The van der Waals surface area contributed by atoms with Gasteiger partial charge < -0.3 is 14.8 Å². The van der Waals surface area contributed by atoms with Gasteiger partial charge in [0.25, 0.3) is 5.91 Å². The van der Waals surface area contributed by atoms with Crippen molar-refractivity contribution in [1.29, 1.82) is 0 Å². The van der Waals surface area contributed by atoms with E-state index in [1.807, 2.05) is 6.92 Å². The number of nitrogens with one attached hydrogen (secondary N) is 1.